The Hall–Kier alpha value is -3.97. The first-order valence-electron chi connectivity index (χ1n) is 12.7. The fraction of sp³-hybridized carbons (Fsp3) is 0.357. The Balaban J connectivity index is 1.78. The van der Waals surface area contributed by atoms with Crippen molar-refractivity contribution in [3.63, 3.8) is 0 Å². The molecule has 0 saturated carbocycles. The first-order valence-corrected chi connectivity index (χ1v) is 13.7. The number of thioether (sulfide) groups is 1. The molecule has 1 aliphatic rings. The summed E-state index contributed by atoms with van der Waals surface area (Å²) in [7, 11) is 0. The molecule has 5 amide bonds. The van der Waals surface area contributed by atoms with Gasteiger partial charge in [0, 0.05) is 16.9 Å². The molecule has 4 N–H and O–H groups in total. The number of nitrogens with zero attached hydrogens (tertiary/aromatic N) is 1. The summed E-state index contributed by atoms with van der Waals surface area (Å²) in [6, 6.07) is 8.74. The lowest BCUT2D eigenvalue weighted by molar-refractivity contribution is -0.147. The summed E-state index contributed by atoms with van der Waals surface area (Å²) in [5.41, 5.74) is 0.350. The highest BCUT2D eigenvalue weighted by atomic mass is 32.2. The van der Waals surface area contributed by atoms with Gasteiger partial charge in [0.1, 0.15) is 24.3 Å². The van der Waals surface area contributed by atoms with Gasteiger partial charge >= 0.3 is 12.1 Å². The van der Waals surface area contributed by atoms with Crippen molar-refractivity contribution in [1.82, 2.24) is 20.9 Å². The van der Waals surface area contributed by atoms with Crippen LogP contribution in [0.1, 0.15) is 25.0 Å². The van der Waals surface area contributed by atoms with Crippen molar-refractivity contribution in [2.75, 3.05) is 12.5 Å². The maximum absolute atomic E-state index is 14.1. The molecule has 1 saturated heterocycles. The van der Waals surface area contributed by atoms with Crippen molar-refractivity contribution in [3.05, 3.63) is 83.9 Å². The van der Waals surface area contributed by atoms with Crippen LogP contribution in [-0.4, -0.2) is 69.4 Å². The summed E-state index contributed by atoms with van der Waals surface area (Å²) in [5, 5.41) is 18.1. The van der Waals surface area contributed by atoms with Crippen molar-refractivity contribution >= 4 is 35.7 Å². The number of aliphatic hydroxyl groups excluding tert-OH is 1. The molecule has 2 aromatic rings. The molecule has 0 aliphatic carbocycles. The molecule has 1 fully saturated rings. The molecule has 13 heteroatoms. The fourth-order valence-electron chi connectivity index (χ4n) is 4.31. The van der Waals surface area contributed by atoms with Crippen LogP contribution in [-0.2, 0) is 27.3 Å². The topological polar surface area (TPSA) is 137 Å². The maximum atomic E-state index is 14.1. The van der Waals surface area contributed by atoms with Crippen LogP contribution < -0.4 is 16.0 Å². The Morgan fingerprint density at radius 3 is 2.44 bits per heavy atom. The standard InChI is InChI=1S/C28H32F2N4O6S/c1-4-13-40-27(39)33-26(38)32-21(14-17-9-6-5-7-10-17)22(35)25(37)34-16-41-28(2,3)23(34)24(36)31-15-18-19(29)11-8-12-20(18)30/h4-12,21-23,35H,1,13-16H2,2-3H3,(H,31,36)(H2,32,33,38,39)/t21-,22-,23+/m0/s1. The van der Waals surface area contributed by atoms with Gasteiger partial charge < -0.3 is 25.4 Å². The van der Waals surface area contributed by atoms with E-state index in [9.17, 15) is 33.1 Å². The lowest BCUT2D eigenvalue weighted by atomic mass is 9.97. The molecular formula is C28H32F2N4O6S. The summed E-state index contributed by atoms with van der Waals surface area (Å²) >= 11 is 1.28. The number of alkyl carbamates (subject to hydrolysis) is 1. The third-order valence-electron chi connectivity index (χ3n) is 6.38. The van der Waals surface area contributed by atoms with E-state index < -0.39 is 65.1 Å². The highest BCUT2D eigenvalue weighted by Gasteiger charge is 2.49. The van der Waals surface area contributed by atoms with Crippen molar-refractivity contribution in [2.45, 2.75) is 49.7 Å². The van der Waals surface area contributed by atoms with Gasteiger partial charge in [0.05, 0.1) is 11.9 Å². The molecule has 2 aromatic carbocycles. The number of hydrogen-bond acceptors (Lipinski definition) is 7. The van der Waals surface area contributed by atoms with Crippen molar-refractivity contribution in [2.24, 2.45) is 0 Å². The normalized spacial score (nSPS) is 17.2. The molecule has 0 spiro atoms. The number of urea groups is 1. The zero-order valence-electron chi connectivity index (χ0n) is 22.6. The van der Waals surface area contributed by atoms with Crippen LogP contribution in [0, 0.1) is 11.6 Å². The summed E-state index contributed by atoms with van der Waals surface area (Å²) in [4.78, 5) is 52.3. The van der Waals surface area contributed by atoms with Crippen LogP contribution in [0.5, 0.6) is 0 Å². The largest absolute Gasteiger partial charge is 0.445 e. The minimum Gasteiger partial charge on any atom is -0.445 e. The monoisotopic (exact) mass is 590 g/mol. The molecule has 0 bridgehead atoms. The zero-order valence-corrected chi connectivity index (χ0v) is 23.4. The number of amides is 5. The number of hydrogen-bond donors (Lipinski definition) is 4. The molecular weight excluding hydrogens is 558 g/mol. The number of carbonyl (C=O) groups is 4. The minimum atomic E-state index is -1.82. The van der Waals surface area contributed by atoms with Crippen LogP contribution in [0.25, 0.3) is 0 Å². The Labute approximate surface area is 240 Å². The number of nitrogens with one attached hydrogen (secondary N) is 3. The Bertz CT molecular complexity index is 1260. The van der Waals surface area contributed by atoms with Gasteiger partial charge in [-0.1, -0.05) is 49.1 Å². The van der Waals surface area contributed by atoms with Gasteiger partial charge in [-0.2, -0.15) is 0 Å². The molecule has 3 atom stereocenters. The molecule has 1 heterocycles. The van der Waals surface area contributed by atoms with Crippen LogP contribution >= 0.6 is 11.8 Å². The summed E-state index contributed by atoms with van der Waals surface area (Å²) in [6.07, 6.45) is -1.55. The average molecular weight is 591 g/mol. The molecule has 0 radical (unpaired) electrons. The van der Waals surface area contributed by atoms with Gasteiger partial charge in [0.2, 0.25) is 5.91 Å². The van der Waals surface area contributed by atoms with Crippen molar-refractivity contribution < 1.29 is 37.8 Å². The number of halogens is 2. The van der Waals surface area contributed by atoms with E-state index in [1.165, 1.54) is 23.9 Å². The minimum absolute atomic E-state index is 0.0106. The van der Waals surface area contributed by atoms with Crippen LogP contribution in [0.3, 0.4) is 0 Å². The molecule has 0 unspecified atom stereocenters. The van der Waals surface area contributed by atoms with Gasteiger partial charge in [0.25, 0.3) is 5.91 Å². The zero-order chi connectivity index (χ0) is 30.2. The Kier molecular flexibility index (Phi) is 10.8. The average Bonchev–Trinajstić information content (AvgIpc) is 3.25. The van der Waals surface area contributed by atoms with E-state index in [1.807, 2.05) is 5.32 Å². The van der Waals surface area contributed by atoms with E-state index in [1.54, 1.807) is 44.2 Å². The predicted molar refractivity (Wildman–Crippen MR) is 149 cm³/mol. The fourth-order valence-corrected chi connectivity index (χ4v) is 5.45. The third kappa shape index (κ3) is 8.27. The number of carbonyl (C=O) groups excluding carboxylic acids is 4. The lowest BCUT2D eigenvalue weighted by Gasteiger charge is -2.33. The van der Waals surface area contributed by atoms with E-state index in [-0.39, 0.29) is 24.5 Å². The van der Waals surface area contributed by atoms with E-state index in [0.29, 0.717) is 5.56 Å². The second-order valence-corrected chi connectivity index (χ2v) is 11.3. The number of imide groups is 1. The molecule has 0 aromatic heterocycles. The first kappa shape index (κ1) is 31.6. The number of rotatable bonds is 10. The molecule has 41 heavy (non-hydrogen) atoms. The van der Waals surface area contributed by atoms with E-state index in [0.717, 1.165) is 17.0 Å². The Morgan fingerprint density at radius 2 is 1.80 bits per heavy atom. The van der Waals surface area contributed by atoms with E-state index >= 15 is 0 Å². The molecule has 220 valence electrons. The predicted octanol–water partition coefficient (Wildman–Crippen LogP) is 2.86. The SMILES string of the molecule is C=CCOC(=O)NC(=O)N[C@@H](Cc1ccccc1)[C@H](O)C(=O)N1CSC(C)(C)[C@H]1C(=O)NCc1c(F)cccc1F. The van der Waals surface area contributed by atoms with Crippen LogP contribution in [0.15, 0.2) is 61.2 Å². The maximum Gasteiger partial charge on any atom is 0.415 e. The second-order valence-electron chi connectivity index (χ2n) is 9.73. The lowest BCUT2D eigenvalue weighted by Crippen LogP contribution is -2.59. The smallest absolute Gasteiger partial charge is 0.415 e. The van der Waals surface area contributed by atoms with E-state index in [2.05, 4.69) is 17.2 Å². The molecule has 3 rings (SSSR count). The summed E-state index contributed by atoms with van der Waals surface area (Å²) in [5.74, 6) is -3.13. The number of aliphatic hydroxyl groups is 1. The van der Waals surface area contributed by atoms with Crippen molar-refractivity contribution in [3.8, 4) is 0 Å². The first-order chi connectivity index (χ1) is 19.4. The van der Waals surface area contributed by atoms with Gasteiger partial charge in [-0.05, 0) is 38.0 Å². The highest BCUT2D eigenvalue weighted by molar-refractivity contribution is 8.00. The number of benzene rings is 2. The number of ether oxygens (including phenoxy) is 1. The second kappa shape index (κ2) is 14.1. The molecule has 1 aliphatic heterocycles. The Morgan fingerprint density at radius 1 is 1.15 bits per heavy atom. The van der Waals surface area contributed by atoms with E-state index in [4.69, 9.17) is 4.74 Å². The van der Waals surface area contributed by atoms with Gasteiger partial charge in [-0.25, -0.2) is 23.7 Å². The molecule has 10 nitrogen and oxygen atoms in total. The summed E-state index contributed by atoms with van der Waals surface area (Å²) in [6.45, 7) is 6.28. The van der Waals surface area contributed by atoms with Crippen molar-refractivity contribution in [1.29, 1.82) is 0 Å². The third-order valence-corrected chi connectivity index (χ3v) is 7.75. The quantitative estimate of drug-likeness (QED) is 0.313. The van der Waals surface area contributed by atoms with Gasteiger partial charge in [-0.3, -0.25) is 9.59 Å². The van der Waals surface area contributed by atoms with Gasteiger partial charge in [0.15, 0.2) is 6.10 Å². The van der Waals surface area contributed by atoms with Crippen LogP contribution in [0.4, 0.5) is 18.4 Å². The summed E-state index contributed by atoms with van der Waals surface area (Å²) < 4.78 is 32.1. The van der Waals surface area contributed by atoms with Crippen LogP contribution in [0.2, 0.25) is 0 Å². The highest BCUT2D eigenvalue weighted by Crippen LogP contribution is 2.40. The van der Waals surface area contributed by atoms with Gasteiger partial charge in [-0.15, -0.1) is 11.8 Å².